The lowest BCUT2D eigenvalue weighted by Gasteiger charge is -2.35. The Morgan fingerprint density at radius 1 is 0.433 bits per heavy atom. The Morgan fingerprint density at radius 3 is 1.20 bits per heavy atom. The number of hydrogen-bond acceptors (Lipinski definition) is 0. The summed E-state index contributed by atoms with van der Waals surface area (Å²) in [5.41, 5.74) is 1.12. The van der Waals surface area contributed by atoms with Crippen LogP contribution in [0.5, 0.6) is 0 Å². The molecule has 0 heterocycles. The van der Waals surface area contributed by atoms with Crippen LogP contribution in [0.3, 0.4) is 0 Å². The second-order valence-corrected chi connectivity index (χ2v) is 14.4. The summed E-state index contributed by atoms with van der Waals surface area (Å²) in [5.74, 6) is 7.53. The van der Waals surface area contributed by atoms with Crippen LogP contribution in [0.15, 0.2) is 0 Å². The van der Waals surface area contributed by atoms with Gasteiger partial charge in [-0.1, -0.05) is 123 Å². The van der Waals surface area contributed by atoms with Crippen molar-refractivity contribution in [2.75, 3.05) is 0 Å². The minimum atomic E-state index is 1.02. The van der Waals surface area contributed by atoms with Crippen molar-refractivity contribution in [2.45, 2.75) is 141 Å². The van der Waals surface area contributed by atoms with Gasteiger partial charge in [0.05, 0.1) is 0 Å². The third-order valence-corrected chi connectivity index (χ3v) is 12.1. The van der Waals surface area contributed by atoms with E-state index in [0.717, 1.165) is 47.0 Å². The second-order valence-electron chi connectivity index (χ2n) is 12.7. The van der Waals surface area contributed by atoms with Crippen LogP contribution in [0, 0.1) is 41.4 Å². The fourth-order valence-electron chi connectivity index (χ4n) is 7.68. The third kappa shape index (κ3) is 7.38. The molecule has 4 rings (SSSR count). The zero-order chi connectivity index (χ0) is 20.8. The molecule has 0 aromatic heterocycles. The Morgan fingerprint density at radius 2 is 0.767 bits per heavy atom. The molecule has 4 aliphatic carbocycles. The van der Waals surface area contributed by atoms with Gasteiger partial charge in [0.1, 0.15) is 0 Å². The first-order valence-electron chi connectivity index (χ1n) is 14.4. The van der Waals surface area contributed by atoms with Crippen LogP contribution < -0.4 is 0 Å². The van der Waals surface area contributed by atoms with Gasteiger partial charge in [-0.25, -0.2) is 0 Å². The van der Waals surface area contributed by atoms with E-state index in [1.165, 1.54) is 35.2 Å². The van der Waals surface area contributed by atoms with E-state index < -0.39 is 0 Å². The molecular weight excluding hydrogens is 376 g/mol. The van der Waals surface area contributed by atoms with Gasteiger partial charge in [-0.3, -0.25) is 0 Å². The van der Waals surface area contributed by atoms with Crippen molar-refractivity contribution >= 4 is 9.52 Å². The Bertz CT molecular complexity index is 411. The lowest BCUT2D eigenvalue weighted by molar-refractivity contribution is 0.200. The van der Waals surface area contributed by atoms with Gasteiger partial charge in [-0.15, -0.1) is 0 Å². The van der Waals surface area contributed by atoms with Crippen LogP contribution >= 0.6 is 0 Å². The Labute approximate surface area is 192 Å². The molecule has 0 aromatic carbocycles. The average molecular weight is 429 g/mol. The molecule has 0 nitrogen and oxygen atoms in total. The molecule has 1 heteroatoms. The quantitative estimate of drug-likeness (QED) is 0.354. The fraction of sp³-hybridized carbons (Fsp3) is 1.00. The topological polar surface area (TPSA) is 0 Å². The van der Waals surface area contributed by atoms with Crippen LogP contribution in [-0.4, -0.2) is 9.52 Å². The zero-order valence-corrected chi connectivity index (χ0v) is 21.6. The van der Waals surface area contributed by atoms with Gasteiger partial charge in [0.2, 0.25) is 0 Å². The molecule has 0 amide bonds. The molecule has 0 aromatic rings. The molecule has 2 radical (unpaired) electrons. The van der Waals surface area contributed by atoms with E-state index in [9.17, 15) is 0 Å². The number of rotatable bonds is 7. The first-order chi connectivity index (χ1) is 14.6. The van der Waals surface area contributed by atoms with Gasteiger partial charge >= 0.3 is 0 Å². The van der Waals surface area contributed by atoms with E-state index in [1.54, 1.807) is 95.9 Å². The summed E-state index contributed by atoms with van der Waals surface area (Å²) in [6.45, 7) is 4.93. The summed E-state index contributed by atoms with van der Waals surface area (Å²) >= 11 is 0. The van der Waals surface area contributed by atoms with Crippen molar-refractivity contribution in [3.8, 4) is 0 Å². The van der Waals surface area contributed by atoms with Gasteiger partial charge in [0, 0.05) is 9.52 Å². The van der Waals surface area contributed by atoms with Crippen LogP contribution in [0.4, 0.5) is 0 Å². The van der Waals surface area contributed by atoms with Gasteiger partial charge in [-0.05, 0) is 59.8 Å². The monoisotopic (exact) mass is 428 g/mol. The first kappa shape index (κ1) is 23.4. The highest BCUT2D eigenvalue weighted by atomic mass is 28.2. The summed E-state index contributed by atoms with van der Waals surface area (Å²) < 4.78 is 0. The van der Waals surface area contributed by atoms with Crippen molar-refractivity contribution in [1.29, 1.82) is 0 Å². The minimum Gasteiger partial charge on any atom is -0.0625 e. The Balaban J connectivity index is 1.05. The predicted molar refractivity (Wildman–Crippen MR) is 133 cm³/mol. The summed E-state index contributed by atoms with van der Waals surface area (Å²) in [6, 6.07) is 1.60. The van der Waals surface area contributed by atoms with Crippen LogP contribution in [-0.2, 0) is 0 Å². The summed E-state index contributed by atoms with van der Waals surface area (Å²) in [5, 5.41) is 0. The SMILES string of the molecule is CC1CCC(CC2CCC(C[Si]C3CCC(CC4CCC(C)CC4)CC3)CC2)CC1. The average Bonchev–Trinajstić information content (AvgIpc) is 2.77. The van der Waals surface area contributed by atoms with Crippen molar-refractivity contribution < 1.29 is 0 Å². The molecule has 4 aliphatic rings. The standard InChI is InChI=1S/C29H52Si/c1-22-3-7-24(8-4-22)19-26-11-13-28(14-12-26)21-30-29-17-15-27(16-18-29)20-25-9-5-23(2)6-10-25/h22-29H,3-21H2,1-2H3. The molecule has 0 N–H and O–H groups in total. The van der Waals surface area contributed by atoms with Gasteiger partial charge in [0.25, 0.3) is 0 Å². The first-order valence-corrected chi connectivity index (χ1v) is 15.7. The molecule has 30 heavy (non-hydrogen) atoms. The van der Waals surface area contributed by atoms with Crippen LogP contribution in [0.1, 0.15) is 129 Å². The molecule has 0 atom stereocenters. The molecular formula is C29H52Si. The Kier molecular flexibility index (Phi) is 9.27. The highest BCUT2D eigenvalue weighted by Gasteiger charge is 2.29. The maximum absolute atomic E-state index is 2.46. The second kappa shape index (κ2) is 11.9. The minimum absolute atomic E-state index is 1.02. The molecule has 0 bridgehead atoms. The molecule has 0 aliphatic heterocycles. The third-order valence-electron chi connectivity index (χ3n) is 10.1. The van der Waals surface area contributed by atoms with Crippen molar-refractivity contribution in [2.24, 2.45) is 41.4 Å². The zero-order valence-electron chi connectivity index (χ0n) is 20.6. The summed E-state index contributed by atoms with van der Waals surface area (Å²) in [4.78, 5) is 0. The van der Waals surface area contributed by atoms with E-state index in [-0.39, 0.29) is 0 Å². The van der Waals surface area contributed by atoms with Crippen LogP contribution in [0.25, 0.3) is 0 Å². The van der Waals surface area contributed by atoms with E-state index in [2.05, 4.69) is 13.8 Å². The Hall–Kier alpha value is 0.217. The van der Waals surface area contributed by atoms with Gasteiger partial charge < -0.3 is 0 Å². The molecule has 172 valence electrons. The summed E-state index contributed by atoms with van der Waals surface area (Å²) in [6.07, 6.45) is 28.1. The van der Waals surface area contributed by atoms with Gasteiger partial charge in [-0.2, -0.15) is 0 Å². The lowest BCUT2D eigenvalue weighted by Crippen LogP contribution is -2.23. The fourth-order valence-corrected chi connectivity index (χ4v) is 9.50. The molecule has 0 saturated heterocycles. The summed E-state index contributed by atoms with van der Waals surface area (Å²) in [7, 11) is 1.30. The smallest absolute Gasteiger partial charge is 0.0416 e. The van der Waals surface area contributed by atoms with Crippen molar-refractivity contribution in [1.82, 2.24) is 0 Å². The highest BCUT2D eigenvalue weighted by molar-refractivity contribution is 6.37. The largest absolute Gasteiger partial charge is 0.0625 e. The maximum Gasteiger partial charge on any atom is 0.0416 e. The van der Waals surface area contributed by atoms with E-state index in [0.29, 0.717) is 0 Å². The van der Waals surface area contributed by atoms with Crippen molar-refractivity contribution in [3.05, 3.63) is 0 Å². The maximum atomic E-state index is 2.46. The lowest BCUT2D eigenvalue weighted by atomic mass is 9.74. The molecule has 0 spiro atoms. The highest BCUT2D eigenvalue weighted by Crippen LogP contribution is 2.42. The molecule has 4 saturated carbocycles. The van der Waals surface area contributed by atoms with E-state index in [4.69, 9.17) is 0 Å². The van der Waals surface area contributed by atoms with E-state index >= 15 is 0 Å². The van der Waals surface area contributed by atoms with Crippen molar-refractivity contribution in [3.63, 3.8) is 0 Å². The number of hydrogen-bond donors (Lipinski definition) is 0. The van der Waals surface area contributed by atoms with E-state index in [1.807, 2.05) is 0 Å². The van der Waals surface area contributed by atoms with Gasteiger partial charge in [0.15, 0.2) is 0 Å². The van der Waals surface area contributed by atoms with Crippen LogP contribution in [0.2, 0.25) is 11.6 Å². The normalized spacial score (nSPS) is 43.4. The molecule has 4 fully saturated rings. The molecule has 0 unspecified atom stereocenters. The predicted octanol–water partition coefficient (Wildman–Crippen LogP) is 9.33.